The summed E-state index contributed by atoms with van der Waals surface area (Å²) in [7, 11) is 2.03. The van der Waals surface area contributed by atoms with E-state index in [-0.39, 0.29) is 23.7 Å². The van der Waals surface area contributed by atoms with Crippen LogP contribution in [0.1, 0.15) is 56.6 Å². The maximum absolute atomic E-state index is 13.3. The van der Waals surface area contributed by atoms with Crippen LogP contribution in [-0.4, -0.2) is 69.3 Å². The van der Waals surface area contributed by atoms with Gasteiger partial charge in [0.15, 0.2) is 0 Å². The average Bonchev–Trinajstić information content (AvgIpc) is 3.52. The molecule has 4 aliphatic rings. The third-order valence-electron chi connectivity index (χ3n) is 8.87. The second-order valence-electron chi connectivity index (χ2n) is 10.4. The molecule has 2 aliphatic heterocycles. The number of benzene rings is 1. The minimum Gasteiger partial charge on any atom is -0.508 e. The number of imide groups is 1. The Morgan fingerprint density at radius 1 is 1.19 bits per heavy atom. The predicted molar refractivity (Wildman–Crippen MR) is 116 cm³/mol. The first-order valence-corrected chi connectivity index (χ1v) is 11.5. The molecule has 3 amide bonds. The lowest BCUT2D eigenvalue weighted by molar-refractivity contribution is -0.175. The van der Waals surface area contributed by atoms with Gasteiger partial charge in [-0.15, -0.1) is 0 Å². The van der Waals surface area contributed by atoms with Crippen LogP contribution in [-0.2, 0) is 10.2 Å². The van der Waals surface area contributed by atoms with Crippen LogP contribution in [0.25, 0.3) is 0 Å². The molecule has 0 bridgehead atoms. The van der Waals surface area contributed by atoms with E-state index in [1.54, 1.807) is 17.0 Å². The van der Waals surface area contributed by atoms with Gasteiger partial charge >= 0.3 is 6.03 Å². The molecule has 3 N–H and O–H groups in total. The molecule has 5 rings (SSSR count). The van der Waals surface area contributed by atoms with Gasteiger partial charge in [0.25, 0.3) is 5.91 Å². The molecule has 4 unspecified atom stereocenters. The molecule has 2 aliphatic carbocycles. The number of aliphatic hydroxyl groups is 1. The summed E-state index contributed by atoms with van der Waals surface area (Å²) in [4.78, 5) is 30.1. The number of hydrogen-bond acceptors (Lipinski definition) is 5. The molecule has 7 nitrogen and oxygen atoms in total. The summed E-state index contributed by atoms with van der Waals surface area (Å²) in [5.41, 5.74) is -0.861. The maximum Gasteiger partial charge on any atom is 0.325 e. The van der Waals surface area contributed by atoms with Crippen LogP contribution in [0.15, 0.2) is 18.2 Å². The number of carbonyl (C=O) groups excluding carboxylic acids is 2. The van der Waals surface area contributed by atoms with E-state index in [0.29, 0.717) is 38.1 Å². The molecule has 7 heteroatoms. The molecule has 0 radical (unpaired) electrons. The number of carbonyl (C=O) groups is 2. The number of piperidine rings is 1. The molecular formula is C24H33N3O4. The number of hydrogen-bond donors (Lipinski definition) is 3. The van der Waals surface area contributed by atoms with Crippen molar-refractivity contribution in [2.45, 2.75) is 75.0 Å². The topological polar surface area (TPSA) is 93.1 Å². The van der Waals surface area contributed by atoms with Gasteiger partial charge in [0, 0.05) is 18.0 Å². The van der Waals surface area contributed by atoms with E-state index in [9.17, 15) is 19.8 Å². The minimum absolute atomic E-state index is 0.114. The highest BCUT2D eigenvalue weighted by Crippen LogP contribution is 2.59. The average molecular weight is 428 g/mol. The van der Waals surface area contributed by atoms with E-state index in [0.717, 1.165) is 30.5 Å². The van der Waals surface area contributed by atoms with Crippen LogP contribution in [0, 0.1) is 12.8 Å². The zero-order chi connectivity index (χ0) is 22.2. The third-order valence-corrected chi connectivity index (χ3v) is 8.87. The van der Waals surface area contributed by atoms with Gasteiger partial charge in [-0.2, -0.15) is 0 Å². The second kappa shape index (κ2) is 6.69. The van der Waals surface area contributed by atoms with Gasteiger partial charge in [-0.05, 0) is 95.1 Å². The normalized spacial score (nSPS) is 38.5. The van der Waals surface area contributed by atoms with E-state index in [4.69, 9.17) is 0 Å². The number of nitrogens with zero attached hydrogens (tertiary/aromatic N) is 2. The zero-order valence-corrected chi connectivity index (χ0v) is 18.6. The smallest absolute Gasteiger partial charge is 0.325 e. The monoisotopic (exact) mass is 427 g/mol. The first-order valence-electron chi connectivity index (χ1n) is 11.5. The number of likely N-dealkylation sites (N-methyl/N-ethyl adjacent to an activating group) is 1. The van der Waals surface area contributed by atoms with Crippen molar-refractivity contribution in [3.8, 4) is 5.75 Å². The van der Waals surface area contributed by atoms with Gasteiger partial charge in [0.2, 0.25) is 0 Å². The predicted octanol–water partition coefficient (Wildman–Crippen LogP) is 2.28. The number of nitrogens with one attached hydrogen (secondary N) is 1. The maximum atomic E-state index is 13.3. The zero-order valence-electron chi connectivity index (χ0n) is 18.6. The van der Waals surface area contributed by atoms with E-state index < -0.39 is 16.6 Å². The van der Waals surface area contributed by atoms with E-state index in [2.05, 4.69) is 10.2 Å². The molecule has 1 aromatic rings. The Morgan fingerprint density at radius 3 is 2.65 bits per heavy atom. The summed E-state index contributed by atoms with van der Waals surface area (Å²) in [6.07, 6.45) is 4.10. The lowest BCUT2D eigenvalue weighted by Gasteiger charge is -2.63. The number of urea groups is 1. The summed E-state index contributed by atoms with van der Waals surface area (Å²) in [5, 5.41) is 25.2. The fraction of sp³-hybridized carbons (Fsp3) is 0.667. The standard InChI is InChI=1S/C24H33N3O4/c1-15-4-7-18(28)12-19(15)22-10-11-26(3)16(2)24(22,31)9-8-23(14-22)20(29)25-21(30)27(23)13-17-5-6-17/h4,7,12,16-17,28,31H,5-6,8-11,13-14H2,1-3H3,(H,25,29,30). The van der Waals surface area contributed by atoms with Crippen LogP contribution in [0.2, 0.25) is 0 Å². The van der Waals surface area contributed by atoms with E-state index in [1.807, 2.05) is 27.0 Å². The van der Waals surface area contributed by atoms with Gasteiger partial charge in [0.05, 0.1) is 5.60 Å². The Bertz CT molecular complexity index is 947. The molecule has 0 aromatic heterocycles. The van der Waals surface area contributed by atoms with Crippen molar-refractivity contribution in [1.82, 2.24) is 15.1 Å². The fourth-order valence-corrected chi connectivity index (χ4v) is 6.64. The number of aryl methyl sites for hydroxylation is 1. The summed E-state index contributed by atoms with van der Waals surface area (Å²) in [6, 6.07) is 4.89. The molecule has 2 saturated heterocycles. The lowest BCUT2D eigenvalue weighted by Crippen LogP contribution is -2.73. The van der Waals surface area contributed by atoms with E-state index >= 15 is 0 Å². The SMILES string of the molecule is Cc1ccc(O)cc1C12CCN(C)C(C)C1(O)CCC1(C2)C(=O)NC(=O)N1CC1CC1. The number of amides is 3. The summed E-state index contributed by atoms with van der Waals surface area (Å²) in [6.45, 7) is 5.41. The largest absolute Gasteiger partial charge is 0.508 e. The van der Waals surface area contributed by atoms with Gasteiger partial charge in [-0.1, -0.05) is 6.07 Å². The van der Waals surface area contributed by atoms with Crippen LogP contribution in [0.5, 0.6) is 5.75 Å². The van der Waals surface area contributed by atoms with Gasteiger partial charge in [-0.25, -0.2) is 4.79 Å². The first kappa shape index (κ1) is 20.8. The highest BCUT2D eigenvalue weighted by Gasteiger charge is 2.68. The Hall–Kier alpha value is -2.12. The van der Waals surface area contributed by atoms with Crippen molar-refractivity contribution in [3.05, 3.63) is 29.3 Å². The van der Waals surface area contributed by atoms with E-state index in [1.165, 1.54) is 0 Å². The number of phenols is 1. The first-order chi connectivity index (χ1) is 14.6. The highest BCUT2D eigenvalue weighted by atomic mass is 16.3. The van der Waals surface area contributed by atoms with Crippen molar-refractivity contribution in [2.24, 2.45) is 5.92 Å². The van der Waals surface area contributed by atoms with Crippen LogP contribution in [0.3, 0.4) is 0 Å². The second-order valence-corrected chi connectivity index (χ2v) is 10.4. The number of fused-ring (bicyclic) bond motifs is 1. The molecular weight excluding hydrogens is 394 g/mol. The number of likely N-dealkylation sites (tertiary alicyclic amines) is 1. The van der Waals surface area contributed by atoms with Crippen LogP contribution in [0.4, 0.5) is 4.79 Å². The number of aromatic hydroxyl groups is 1. The van der Waals surface area contributed by atoms with Crippen LogP contribution < -0.4 is 5.32 Å². The van der Waals surface area contributed by atoms with Crippen molar-refractivity contribution in [1.29, 1.82) is 0 Å². The molecule has 168 valence electrons. The quantitative estimate of drug-likeness (QED) is 0.644. The molecule has 4 fully saturated rings. The van der Waals surface area contributed by atoms with Crippen molar-refractivity contribution in [2.75, 3.05) is 20.1 Å². The molecule has 2 heterocycles. The molecule has 1 aromatic carbocycles. The Kier molecular flexibility index (Phi) is 4.48. The third kappa shape index (κ3) is 2.79. The molecule has 2 saturated carbocycles. The van der Waals surface area contributed by atoms with Gasteiger partial charge in [-0.3, -0.25) is 10.1 Å². The Labute approximate surface area is 183 Å². The summed E-state index contributed by atoms with van der Waals surface area (Å²) in [5.74, 6) is 0.387. The lowest BCUT2D eigenvalue weighted by atomic mass is 9.49. The molecule has 1 spiro atoms. The number of phenolic OH excluding ortho intramolecular Hbond substituents is 1. The Balaban J connectivity index is 1.67. The molecule has 4 atom stereocenters. The number of rotatable bonds is 3. The fourth-order valence-electron chi connectivity index (χ4n) is 6.64. The minimum atomic E-state index is -1.07. The molecule has 31 heavy (non-hydrogen) atoms. The van der Waals surface area contributed by atoms with Crippen molar-refractivity contribution in [3.63, 3.8) is 0 Å². The Morgan fingerprint density at radius 2 is 1.94 bits per heavy atom. The summed E-state index contributed by atoms with van der Waals surface area (Å²) < 4.78 is 0. The van der Waals surface area contributed by atoms with Gasteiger partial charge < -0.3 is 20.0 Å². The van der Waals surface area contributed by atoms with Gasteiger partial charge in [0.1, 0.15) is 11.3 Å². The van der Waals surface area contributed by atoms with Crippen LogP contribution >= 0.6 is 0 Å². The van der Waals surface area contributed by atoms with Crippen molar-refractivity contribution >= 4 is 11.9 Å². The van der Waals surface area contributed by atoms with Crippen molar-refractivity contribution < 1.29 is 19.8 Å². The highest BCUT2D eigenvalue weighted by molar-refractivity contribution is 6.07. The summed E-state index contributed by atoms with van der Waals surface area (Å²) >= 11 is 0.